The van der Waals surface area contributed by atoms with Gasteiger partial charge >= 0.3 is 0 Å². The number of anilines is 6. The number of fused-ring (bicyclic) bond motifs is 12. The van der Waals surface area contributed by atoms with Crippen molar-refractivity contribution >= 4 is 140 Å². The molecule has 0 aliphatic rings. The summed E-state index contributed by atoms with van der Waals surface area (Å²) in [5.74, 6) is 0. The molecule has 0 bridgehead atoms. The van der Waals surface area contributed by atoms with Crippen LogP contribution >= 0.6 is 22.7 Å². The molecule has 0 fully saturated rings. The Balaban J connectivity index is 0.000000143. The van der Waals surface area contributed by atoms with E-state index < -0.39 is 0 Å². The molecule has 0 aliphatic carbocycles. The number of thiophene rings is 2. The minimum Gasteiger partial charge on any atom is -0.310 e. The average molecular weight is 1360 g/mol. The smallest absolute Gasteiger partial charge is 0.0540 e. The molecule has 0 saturated heterocycles. The van der Waals surface area contributed by atoms with Gasteiger partial charge in [0.05, 0.1) is 5.69 Å². The number of para-hydroxylation sites is 1. The van der Waals surface area contributed by atoms with Gasteiger partial charge in [0.2, 0.25) is 0 Å². The number of hydrogen-bond donors (Lipinski definition) is 0. The van der Waals surface area contributed by atoms with Crippen LogP contribution in [0.15, 0.2) is 400 Å². The molecular formula is C100H66N2S2. The Bertz CT molecular complexity index is 6580. The highest BCUT2D eigenvalue weighted by atomic mass is 32.1. The topological polar surface area (TPSA) is 6.48 Å². The van der Waals surface area contributed by atoms with E-state index in [1.165, 1.54) is 150 Å². The van der Waals surface area contributed by atoms with Gasteiger partial charge in [-0.25, -0.2) is 0 Å². The van der Waals surface area contributed by atoms with Gasteiger partial charge in [-0.05, 0) is 220 Å². The fourth-order valence-electron chi connectivity index (χ4n) is 15.3. The zero-order valence-electron chi connectivity index (χ0n) is 56.8. The Morgan fingerprint density at radius 3 is 0.990 bits per heavy atom. The van der Waals surface area contributed by atoms with Gasteiger partial charge in [0.1, 0.15) is 0 Å². The van der Waals surface area contributed by atoms with Crippen molar-refractivity contribution in [3.8, 4) is 66.8 Å². The molecule has 18 aromatic carbocycles. The third-order valence-electron chi connectivity index (χ3n) is 20.5. The molecule has 0 unspecified atom stereocenters. The maximum Gasteiger partial charge on any atom is 0.0540 e. The normalized spacial score (nSPS) is 11.5. The molecule has 0 amide bonds. The zero-order chi connectivity index (χ0) is 68.9. The van der Waals surface area contributed by atoms with Gasteiger partial charge in [-0.15, -0.1) is 22.7 Å². The summed E-state index contributed by atoms with van der Waals surface area (Å²) in [6.45, 7) is 0. The van der Waals surface area contributed by atoms with Crippen molar-refractivity contribution in [3.05, 3.63) is 400 Å². The first-order valence-corrected chi connectivity index (χ1v) is 37.1. The lowest BCUT2D eigenvalue weighted by Crippen LogP contribution is -2.11. The standard InChI is InChI=1S/2C50H33NS/c1-2-10-34(11-3-1)35-20-26-41(27-21-35)51(42-28-22-36(23-29-42)38-25-31-50-47(33-38)46-15-7-9-17-49(46)52-50)48-16-8-6-14-45(48)40-24-30-44-39(32-40)19-18-37-12-4-5-13-43(37)44;1-2-9-34(10-3-1)35-19-25-42(26-20-35)51(43-27-21-36(22-28-43)40-24-30-50-48(33-40)47-15-6-7-16-49(47)52-50)44-13-8-12-38(32-44)39-23-29-46-41(31-39)18-17-37-11-4-5-14-45(37)46/h2*1-33H. The molecule has 488 valence electrons. The molecule has 104 heavy (non-hydrogen) atoms. The molecule has 2 nitrogen and oxygen atoms in total. The lowest BCUT2D eigenvalue weighted by molar-refractivity contribution is 1.28. The Hall–Kier alpha value is -13.0. The van der Waals surface area contributed by atoms with E-state index >= 15 is 0 Å². The van der Waals surface area contributed by atoms with Crippen LogP contribution in [0.2, 0.25) is 0 Å². The first-order chi connectivity index (χ1) is 51.5. The molecule has 2 aromatic heterocycles. The fourth-order valence-corrected chi connectivity index (χ4v) is 17.4. The van der Waals surface area contributed by atoms with E-state index in [2.05, 4.69) is 410 Å². The molecule has 0 saturated carbocycles. The van der Waals surface area contributed by atoms with E-state index in [4.69, 9.17) is 0 Å². The van der Waals surface area contributed by atoms with E-state index in [1.807, 2.05) is 22.7 Å². The Morgan fingerprint density at radius 1 is 0.154 bits per heavy atom. The van der Waals surface area contributed by atoms with Crippen LogP contribution in [0.4, 0.5) is 34.1 Å². The first-order valence-electron chi connectivity index (χ1n) is 35.5. The Morgan fingerprint density at radius 2 is 0.481 bits per heavy atom. The second kappa shape index (κ2) is 26.9. The number of hydrogen-bond acceptors (Lipinski definition) is 4. The van der Waals surface area contributed by atoms with Crippen LogP contribution in [0, 0.1) is 0 Å². The molecule has 0 aliphatic heterocycles. The third kappa shape index (κ3) is 11.8. The predicted molar refractivity (Wildman–Crippen MR) is 451 cm³/mol. The molecule has 0 spiro atoms. The molecule has 0 radical (unpaired) electrons. The zero-order valence-corrected chi connectivity index (χ0v) is 58.4. The van der Waals surface area contributed by atoms with Crippen LogP contribution in [0.25, 0.3) is 150 Å². The highest BCUT2D eigenvalue weighted by Gasteiger charge is 2.21. The minimum absolute atomic E-state index is 1.11. The Kier molecular flexibility index (Phi) is 16.0. The summed E-state index contributed by atoms with van der Waals surface area (Å²) in [7, 11) is 0. The van der Waals surface area contributed by atoms with Crippen molar-refractivity contribution < 1.29 is 0 Å². The van der Waals surface area contributed by atoms with Crippen LogP contribution in [-0.4, -0.2) is 0 Å². The first kappa shape index (κ1) is 62.1. The maximum absolute atomic E-state index is 2.40. The SMILES string of the molecule is c1ccc(-c2ccc(N(c3ccc(-c4ccc5sc6ccccc6c5c4)cc3)c3cccc(-c4ccc5c(ccc6ccccc65)c4)c3)cc2)cc1.c1ccc(-c2ccc(N(c3ccc(-c4ccc5sc6ccccc6c5c4)cc3)c3ccccc3-c3ccc4c(ccc5ccccc54)c3)cc2)cc1. The van der Waals surface area contributed by atoms with E-state index in [0.717, 1.165) is 34.1 Å². The molecule has 20 aromatic rings. The fraction of sp³-hybridized carbons (Fsp3) is 0. The van der Waals surface area contributed by atoms with Gasteiger partial charge in [0, 0.05) is 74.3 Å². The maximum atomic E-state index is 2.40. The summed E-state index contributed by atoms with van der Waals surface area (Å²) >= 11 is 3.72. The van der Waals surface area contributed by atoms with Crippen molar-refractivity contribution in [1.82, 2.24) is 0 Å². The minimum atomic E-state index is 1.11. The van der Waals surface area contributed by atoms with Crippen LogP contribution in [0.3, 0.4) is 0 Å². The summed E-state index contributed by atoms with van der Waals surface area (Å²) in [5, 5.41) is 15.4. The molecule has 0 N–H and O–H groups in total. The van der Waals surface area contributed by atoms with Crippen molar-refractivity contribution in [1.29, 1.82) is 0 Å². The van der Waals surface area contributed by atoms with Crippen molar-refractivity contribution in [2.75, 3.05) is 9.80 Å². The van der Waals surface area contributed by atoms with Gasteiger partial charge in [-0.2, -0.15) is 0 Å². The molecular weight excluding hydrogens is 1290 g/mol. The van der Waals surface area contributed by atoms with Crippen LogP contribution in [0.5, 0.6) is 0 Å². The van der Waals surface area contributed by atoms with Gasteiger partial charge < -0.3 is 9.80 Å². The summed E-state index contributed by atoms with van der Waals surface area (Å²) in [5.41, 5.74) is 21.2. The monoisotopic (exact) mass is 1360 g/mol. The summed E-state index contributed by atoms with van der Waals surface area (Å²) < 4.78 is 5.31. The van der Waals surface area contributed by atoms with Gasteiger partial charge in [-0.1, -0.05) is 285 Å². The van der Waals surface area contributed by atoms with Crippen LogP contribution < -0.4 is 9.80 Å². The van der Waals surface area contributed by atoms with E-state index in [1.54, 1.807) is 0 Å². The van der Waals surface area contributed by atoms with Crippen LogP contribution in [-0.2, 0) is 0 Å². The molecule has 20 rings (SSSR count). The average Bonchev–Trinajstić information content (AvgIpc) is 1.63. The molecule has 4 heteroatoms. The van der Waals surface area contributed by atoms with Gasteiger partial charge in [0.15, 0.2) is 0 Å². The number of nitrogens with zero attached hydrogens (tertiary/aromatic N) is 2. The largest absolute Gasteiger partial charge is 0.310 e. The lowest BCUT2D eigenvalue weighted by atomic mass is 9.96. The summed E-state index contributed by atoms with van der Waals surface area (Å²) in [6, 6.07) is 146. The summed E-state index contributed by atoms with van der Waals surface area (Å²) in [6.07, 6.45) is 0. The quantitative estimate of drug-likeness (QED) is 0.113. The van der Waals surface area contributed by atoms with E-state index in [0.29, 0.717) is 0 Å². The summed E-state index contributed by atoms with van der Waals surface area (Å²) in [4.78, 5) is 4.76. The van der Waals surface area contributed by atoms with Crippen molar-refractivity contribution in [2.24, 2.45) is 0 Å². The second-order valence-electron chi connectivity index (χ2n) is 26.7. The molecule has 2 heterocycles. The van der Waals surface area contributed by atoms with Gasteiger partial charge in [0.25, 0.3) is 0 Å². The number of rotatable bonds is 12. The highest BCUT2D eigenvalue weighted by molar-refractivity contribution is 7.26. The third-order valence-corrected chi connectivity index (χ3v) is 22.8. The molecule has 0 atom stereocenters. The highest BCUT2D eigenvalue weighted by Crippen LogP contribution is 2.46. The van der Waals surface area contributed by atoms with E-state index in [9.17, 15) is 0 Å². The Labute approximate surface area is 612 Å². The van der Waals surface area contributed by atoms with Crippen molar-refractivity contribution in [2.45, 2.75) is 0 Å². The van der Waals surface area contributed by atoms with E-state index in [-0.39, 0.29) is 0 Å². The lowest BCUT2D eigenvalue weighted by Gasteiger charge is -2.28. The van der Waals surface area contributed by atoms with Crippen LogP contribution in [0.1, 0.15) is 0 Å². The number of benzene rings is 18. The van der Waals surface area contributed by atoms with Crippen molar-refractivity contribution in [3.63, 3.8) is 0 Å². The predicted octanol–water partition coefficient (Wildman–Crippen LogP) is 29.7. The second-order valence-corrected chi connectivity index (χ2v) is 28.9. The van der Waals surface area contributed by atoms with Gasteiger partial charge in [-0.3, -0.25) is 0 Å².